The lowest BCUT2D eigenvalue weighted by atomic mass is 10.2. The first kappa shape index (κ1) is 17.3. The van der Waals surface area contributed by atoms with E-state index >= 15 is 0 Å². The van der Waals surface area contributed by atoms with Gasteiger partial charge in [0.15, 0.2) is 0 Å². The Kier molecular flexibility index (Phi) is 5.66. The fourth-order valence-corrected chi connectivity index (χ4v) is 2.27. The van der Waals surface area contributed by atoms with Crippen LogP contribution in [-0.2, 0) is 11.3 Å². The summed E-state index contributed by atoms with van der Waals surface area (Å²) in [6.45, 7) is 7.86. The zero-order chi connectivity index (χ0) is 16.9. The van der Waals surface area contributed by atoms with Crippen LogP contribution >= 0.6 is 0 Å². The lowest BCUT2D eigenvalue weighted by Gasteiger charge is -2.24. The molecule has 1 aromatic carbocycles. The molecule has 0 saturated carbocycles. The monoisotopic (exact) mass is 318 g/mol. The molecule has 0 unspecified atom stereocenters. The average Bonchev–Trinajstić information content (AvgIpc) is 2.88. The summed E-state index contributed by atoms with van der Waals surface area (Å²) in [7, 11) is 1.76. The molecule has 1 N–H and O–H groups in total. The Morgan fingerprint density at radius 2 is 2.04 bits per heavy atom. The highest BCUT2D eigenvalue weighted by Gasteiger charge is 2.19. The molecule has 23 heavy (non-hydrogen) atoms. The molecule has 0 fully saturated rings. The number of carbonyl (C=O) groups is 1. The SMILES string of the molecule is CN(CCCNCc1coc2ccccc12)C(=O)OC(C)(C)C. The second kappa shape index (κ2) is 7.51. The quantitative estimate of drug-likeness (QED) is 0.824. The second-order valence-corrected chi connectivity index (χ2v) is 6.69. The van der Waals surface area contributed by atoms with E-state index in [9.17, 15) is 4.79 Å². The summed E-state index contributed by atoms with van der Waals surface area (Å²) >= 11 is 0. The van der Waals surface area contributed by atoms with Crippen molar-refractivity contribution < 1.29 is 13.9 Å². The van der Waals surface area contributed by atoms with Crippen LogP contribution in [0, 0.1) is 0 Å². The van der Waals surface area contributed by atoms with Crippen molar-refractivity contribution in [2.75, 3.05) is 20.1 Å². The maximum absolute atomic E-state index is 11.8. The number of benzene rings is 1. The number of para-hydroxylation sites is 1. The standard InChI is InChI=1S/C18H26N2O3/c1-18(2,3)23-17(21)20(4)11-7-10-19-12-14-13-22-16-9-6-5-8-15(14)16/h5-6,8-9,13,19H,7,10-12H2,1-4H3. The van der Waals surface area contributed by atoms with Crippen molar-refractivity contribution >= 4 is 17.1 Å². The minimum Gasteiger partial charge on any atom is -0.464 e. The molecule has 1 heterocycles. The van der Waals surface area contributed by atoms with E-state index < -0.39 is 5.60 Å². The molecular weight excluding hydrogens is 292 g/mol. The van der Waals surface area contributed by atoms with Gasteiger partial charge in [-0.2, -0.15) is 0 Å². The summed E-state index contributed by atoms with van der Waals surface area (Å²) in [5.74, 6) is 0. The third-order valence-corrected chi connectivity index (χ3v) is 3.43. The number of rotatable bonds is 6. The molecule has 5 heteroatoms. The minimum atomic E-state index is -0.452. The summed E-state index contributed by atoms with van der Waals surface area (Å²) in [5.41, 5.74) is 1.61. The number of fused-ring (bicyclic) bond motifs is 1. The molecule has 0 aliphatic carbocycles. The van der Waals surface area contributed by atoms with Gasteiger partial charge in [-0.05, 0) is 39.8 Å². The van der Waals surface area contributed by atoms with Gasteiger partial charge in [0.2, 0.25) is 0 Å². The van der Waals surface area contributed by atoms with Crippen molar-refractivity contribution in [3.63, 3.8) is 0 Å². The fraction of sp³-hybridized carbons (Fsp3) is 0.500. The van der Waals surface area contributed by atoms with Crippen LogP contribution < -0.4 is 5.32 Å². The average molecular weight is 318 g/mol. The number of amides is 1. The summed E-state index contributed by atoms with van der Waals surface area (Å²) in [6.07, 6.45) is 2.38. The van der Waals surface area contributed by atoms with Crippen LogP contribution in [0.5, 0.6) is 0 Å². The number of hydrogen-bond acceptors (Lipinski definition) is 4. The first-order valence-corrected chi connectivity index (χ1v) is 7.97. The fourth-order valence-electron chi connectivity index (χ4n) is 2.27. The van der Waals surface area contributed by atoms with Gasteiger partial charge in [0, 0.05) is 31.1 Å². The number of furan rings is 1. The normalized spacial score (nSPS) is 11.7. The molecule has 126 valence electrons. The van der Waals surface area contributed by atoms with E-state index in [1.54, 1.807) is 18.2 Å². The molecule has 0 radical (unpaired) electrons. The summed E-state index contributed by atoms with van der Waals surface area (Å²) in [4.78, 5) is 13.4. The van der Waals surface area contributed by atoms with Crippen LogP contribution in [0.25, 0.3) is 11.0 Å². The molecule has 0 aliphatic rings. The number of nitrogens with zero attached hydrogens (tertiary/aromatic N) is 1. The van der Waals surface area contributed by atoms with Gasteiger partial charge in [0.05, 0.1) is 6.26 Å². The largest absolute Gasteiger partial charge is 0.464 e. The zero-order valence-electron chi connectivity index (χ0n) is 14.4. The molecule has 1 amide bonds. The minimum absolute atomic E-state index is 0.279. The number of hydrogen-bond donors (Lipinski definition) is 1. The number of nitrogens with one attached hydrogen (secondary N) is 1. The van der Waals surface area contributed by atoms with Crippen LogP contribution in [0.15, 0.2) is 34.9 Å². The highest BCUT2D eigenvalue weighted by atomic mass is 16.6. The van der Waals surface area contributed by atoms with Gasteiger partial charge in [-0.15, -0.1) is 0 Å². The number of carbonyl (C=O) groups excluding carboxylic acids is 1. The van der Waals surface area contributed by atoms with Gasteiger partial charge < -0.3 is 19.4 Å². The molecule has 0 saturated heterocycles. The van der Waals surface area contributed by atoms with Crippen LogP contribution in [0.1, 0.15) is 32.8 Å². The first-order valence-electron chi connectivity index (χ1n) is 7.97. The van der Waals surface area contributed by atoms with Crippen LogP contribution in [0.3, 0.4) is 0 Å². The van der Waals surface area contributed by atoms with Crippen molar-refractivity contribution in [1.29, 1.82) is 0 Å². The van der Waals surface area contributed by atoms with Gasteiger partial charge in [-0.25, -0.2) is 4.79 Å². The molecule has 5 nitrogen and oxygen atoms in total. The Hall–Kier alpha value is -2.01. The van der Waals surface area contributed by atoms with Crippen LogP contribution in [0.2, 0.25) is 0 Å². The molecule has 0 spiro atoms. The Bertz CT molecular complexity index is 643. The maximum Gasteiger partial charge on any atom is 0.410 e. The summed E-state index contributed by atoms with van der Waals surface area (Å²) < 4.78 is 10.8. The van der Waals surface area contributed by atoms with Crippen molar-refractivity contribution in [3.8, 4) is 0 Å². The van der Waals surface area contributed by atoms with E-state index in [-0.39, 0.29) is 6.09 Å². The van der Waals surface area contributed by atoms with E-state index in [1.807, 2.05) is 39.0 Å². The Balaban J connectivity index is 1.69. The van der Waals surface area contributed by atoms with E-state index in [2.05, 4.69) is 11.4 Å². The molecule has 0 bridgehead atoms. The highest BCUT2D eigenvalue weighted by molar-refractivity contribution is 5.80. The Labute approximate surface area is 137 Å². The smallest absolute Gasteiger partial charge is 0.410 e. The Morgan fingerprint density at radius 3 is 2.78 bits per heavy atom. The van der Waals surface area contributed by atoms with Gasteiger partial charge >= 0.3 is 6.09 Å². The predicted molar refractivity (Wildman–Crippen MR) is 91.4 cm³/mol. The van der Waals surface area contributed by atoms with Crippen molar-refractivity contribution in [1.82, 2.24) is 10.2 Å². The van der Waals surface area contributed by atoms with Crippen molar-refractivity contribution in [2.45, 2.75) is 39.3 Å². The van der Waals surface area contributed by atoms with Gasteiger partial charge in [-0.1, -0.05) is 18.2 Å². The molecule has 1 aromatic heterocycles. The molecule has 0 aliphatic heterocycles. The first-order chi connectivity index (χ1) is 10.9. The van der Waals surface area contributed by atoms with Gasteiger partial charge in [0.25, 0.3) is 0 Å². The third-order valence-electron chi connectivity index (χ3n) is 3.43. The zero-order valence-corrected chi connectivity index (χ0v) is 14.4. The van der Waals surface area contributed by atoms with Crippen molar-refractivity contribution in [2.24, 2.45) is 0 Å². The van der Waals surface area contributed by atoms with Crippen LogP contribution in [-0.4, -0.2) is 36.7 Å². The Morgan fingerprint density at radius 1 is 1.30 bits per heavy atom. The summed E-state index contributed by atoms with van der Waals surface area (Å²) in [6, 6.07) is 8.01. The number of ether oxygens (including phenoxy) is 1. The molecule has 0 atom stereocenters. The topological polar surface area (TPSA) is 54.7 Å². The molecular formula is C18H26N2O3. The van der Waals surface area contributed by atoms with E-state index in [4.69, 9.17) is 9.15 Å². The lowest BCUT2D eigenvalue weighted by Crippen LogP contribution is -2.35. The van der Waals surface area contributed by atoms with E-state index in [0.29, 0.717) is 6.54 Å². The highest BCUT2D eigenvalue weighted by Crippen LogP contribution is 2.20. The van der Waals surface area contributed by atoms with Crippen molar-refractivity contribution in [3.05, 3.63) is 36.1 Å². The second-order valence-electron chi connectivity index (χ2n) is 6.69. The predicted octanol–water partition coefficient (Wildman–Crippen LogP) is 3.78. The van der Waals surface area contributed by atoms with Crippen LogP contribution in [0.4, 0.5) is 4.79 Å². The van der Waals surface area contributed by atoms with E-state index in [0.717, 1.165) is 36.0 Å². The maximum atomic E-state index is 11.8. The van der Waals surface area contributed by atoms with Gasteiger partial charge in [0.1, 0.15) is 11.2 Å². The van der Waals surface area contributed by atoms with Gasteiger partial charge in [-0.3, -0.25) is 0 Å². The lowest BCUT2D eigenvalue weighted by molar-refractivity contribution is 0.0297. The van der Waals surface area contributed by atoms with E-state index in [1.165, 1.54) is 0 Å². The molecule has 2 rings (SSSR count). The third kappa shape index (κ3) is 5.28. The molecule has 2 aromatic rings. The summed E-state index contributed by atoms with van der Waals surface area (Å²) in [5, 5.41) is 4.53.